The fraction of sp³-hybridized carbons (Fsp3) is 0.0667. The van der Waals surface area contributed by atoms with Crippen molar-refractivity contribution in [2.75, 3.05) is 0 Å². The van der Waals surface area contributed by atoms with Crippen LogP contribution in [0.15, 0.2) is 36.4 Å². The van der Waals surface area contributed by atoms with E-state index < -0.39 is 17.6 Å². The van der Waals surface area contributed by atoms with Gasteiger partial charge in [0.05, 0.1) is 22.2 Å². The predicted molar refractivity (Wildman–Crippen MR) is 71.6 cm³/mol. The molecule has 0 heterocycles. The van der Waals surface area contributed by atoms with Gasteiger partial charge in [0.15, 0.2) is 11.6 Å². The second-order valence-electron chi connectivity index (χ2n) is 4.13. The van der Waals surface area contributed by atoms with Crippen LogP contribution in [-0.2, 0) is 11.3 Å². The average molecular weight is 308 g/mol. The maximum Gasteiger partial charge on any atom is 0.340 e. The van der Waals surface area contributed by atoms with Gasteiger partial charge in [-0.15, -0.1) is 0 Å². The third-order valence-corrected chi connectivity index (χ3v) is 2.97. The van der Waals surface area contributed by atoms with E-state index >= 15 is 0 Å². The summed E-state index contributed by atoms with van der Waals surface area (Å²) < 4.78 is 31.0. The van der Waals surface area contributed by atoms with Crippen LogP contribution in [0, 0.1) is 23.0 Å². The number of nitrogens with zero attached hydrogens (tertiary/aromatic N) is 1. The van der Waals surface area contributed by atoms with Crippen molar-refractivity contribution >= 4 is 17.6 Å². The largest absolute Gasteiger partial charge is 0.457 e. The van der Waals surface area contributed by atoms with Gasteiger partial charge < -0.3 is 4.74 Å². The van der Waals surface area contributed by atoms with E-state index in [-0.39, 0.29) is 17.2 Å². The molecule has 2 aromatic rings. The Balaban J connectivity index is 2.12. The highest BCUT2D eigenvalue weighted by atomic mass is 35.5. The molecule has 0 amide bonds. The number of hydrogen-bond acceptors (Lipinski definition) is 3. The lowest BCUT2D eigenvalue weighted by Crippen LogP contribution is -2.07. The van der Waals surface area contributed by atoms with Crippen molar-refractivity contribution in [3.05, 3.63) is 69.7 Å². The van der Waals surface area contributed by atoms with Gasteiger partial charge in [-0.25, -0.2) is 13.6 Å². The maximum absolute atomic E-state index is 13.1. The summed E-state index contributed by atoms with van der Waals surface area (Å²) in [5.74, 6) is -3.20. The molecular weight excluding hydrogens is 300 g/mol. The molecule has 0 atom stereocenters. The Kier molecular flexibility index (Phi) is 4.51. The molecule has 0 fully saturated rings. The molecule has 2 aromatic carbocycles. The summed E-state index contributed by atoms with van der Waals surface area (Å²) in [7, 11) is 0. The summed E-state index contributed by atoms with van der Waals surface area (Å²) in [5, 5.41) is 8.53. The summed E-state index contributed by atoms with van der Waals surface area (Å²) >= 11 is 5.68. The second-order valence-corrected chi connectivity index (χ2v) is 4.54. The van der Waals surface area contributed by atoms with Crippen LogP contribution in [-0.4, -0.2) is 5.97 Å². The van der Waals surface area contributed by atoms with E-state index in [2.05, 4.69) is 0 Å². The monoisotopic (exact) mass is 307 g/mol. The van der Waals surface area contributed by atoms with Gasteiger partial charge in [-0.3, -0.25) is 0 Å². The molecule has 3 nitrogen and oxygen atoms in total. The molecule has 6 heteroatoms. The Hall–Kier alpha value is -2.45. The summed E-state index contributed by atoms with van der Waals surface area (Å²) in [6, 6.07) is 9.83. The van der Waals surface area contributed by atoms with Crippen molar-refractivity contribution in [2.45, 2.75) is 6.61 Å². The van der Waals surface area contributed by atoms with Gasteiger partial charge in [0.1, 0.15) is 6.61 Å². The van der Waals surface area contributed by atoms with Crippen molar-refractivity contribution in [3.63, 3.8) is 0 Å². The number of rotatable bonds is 3. The van der Waals surface area contributed by atoms with Gasteiger partial charge in [0.25, 0.3) is 0 Å². The zero-order chi connectivity index (χ0) is 15.4. The topological polar surface area (TPSA) is 50.1 Å². The van der Waals surface area contributed by atoms with E-state index in [1.54, 1.807) is 24.3 Å². The third kappa shape index (κ3) is 3.56. The molecule has 21 heavy (non-hydrogen) atoms. The molecule has 0 bridgehead atoms. The first-order chi connectivity index (χ1) is 10.0. The van der Waals surface area contributed by atoms with Gasteiger partial charge >= 0.3 is 5.97 Å². The molecule has 0 N–H and O–H groups in total. The fourth-order valence-corrected chi connectivity index (χ4v) is 1.86. The predicted octanol–water partition coefficient (Wildman–Crippen LogP) is 3.85. The number of ether oxygens (including phenoxy) is 1. The molecule has 0 radical (unpaired) electrons. The molecule has 2 rings (SSSR count). The number of esters is 1. The minimum atomic E-state index is -1.18. The third-order valence-electron chi connectivity index (χ3n) is 2.66. The van der Waals surface area contributed by atoms with Crippen LogP contribution in [0.2, 0.25) is 5.02 Å². The molecule has 0 aliphatic carbocycles. The molecule has 0 saturated heterocycles. The smallest absolute Gasteiger partial charge is 0.340 e. The summed E-state index contributed by atoms with van der Waals surface area (Å²) in [5.41, 5.74) is 0.766. The van der Waals surface area contributed by atoms with Crippen LogP contribution in [0.3, 0.4) is 0 Å². The van der Waals surface area contributed by atoms with Crippen LogP contribution < -0.4 is 0 Å². The number of halogens is 3. The lowest BCUT2D eigenvalue weighted by Gasteiger charge is -2.07. The maximum atomic E-state index is 13.1. The van der Waals surface area contributed by atoms with Crippen LogP contribution in [0.25, 0.3) is 0 Å². The van der Waals surface area contributed by atoms with Crippen molar-refractivity contribution in [1.82, 2.24) is 0 Å². The van der Waals surface area contributed by atoms with Crippen molar-refractivity contribution in [3.8, 4) is 6.07 Å². The standard InChI is InChI=1S/C15H8ClF2NO2/c16-12-6-14(18)13(17)5-11(12)15(20)21-8-10-3-1-2-9(4-10)7-19/h1-6H,8H2. The Morgan fingerprint density at radius 1 is 1.24 bits per heavy atom. The van der Waals surface area contributed by atoms with Crippen LogP contribution in [0.5, 0.6) is 0 Å². The van der Waals surface area contributed by atoms with Crippen LogP contribution in [0.4, 0.5) is 8.78 Å². The zero-order valence-electron chi connectivity index (χ0n) is 10.6. The number of carbonyl (C=O) groups excluding carboxylic acids is 1. The van der Waals surface area contributed by atoms with E-state index in [9.17, 15) is 13.6 Å². The Morgan fingerprint density at radius 2 is 1.95 bits per heavy atom. The highest BCUT2D eigenvalue weighted by Gasteiger charge is 2.16. The van der Waals surface area contributed by atoms with Crippen LogP contribution in [0.1, 0.15) is 21.5 Å². The van der Waals surface area contributed by atoms with Gasteiger partial charge in [0, 0.05) is 0 Å². The molecule has 0 aromatic heterocycles. The Labute approximate surface area is 124 Å². The highest BCUT2D eigenvalue weighted by Crippen LogP contribution is 2.21. The molecule has 0 aliphatic rings. The van der Waals surface area contributed by atoms with E-state index in [1.807, 2.05) is 6.07 Å². The zero-order valence-corrected chi connectivity index (χ0v) is 11.3. The van der Waals surface area contributed by atoms with E-state index in [0.717, 1.165) is 0 Å². The number of carbonyl (C=O) groups is 1. The minimum absolute atomic E-state index is 0.107. The summed E-state index contributed by atoms with van der Waals surface area (Å²) in [6.45, 7) is -0.107. The second kappa shape index (κ2) is 6.33. The fourth-order valence-electron chi connectivity index (χ4n) is 1.64. The SMILES string of the molecule is N#Cc1cccc(COC(=O)c2cc(F)c(F)cc2Cl)c1. The molecule has 0 aliphatic heterocycles. The molecule has 0 unspecified atom stereocenters. The van der Waals surface area contributed by atoms with Crippen LogP contribution >= 0.6 is 11.6 Å². The molecular formula is C15H8ClF2NO2. The van der Waals surface area contributed by atoms with Gasteiger partial charge in [0.2, 0.25) is 0 Å². The Bertz CT molecular complexity index is 741. The first-order valence-corrected chi connectivity index (χ1v) is 6.20. The van der Waals surface area contributed by atoms with Crippen molar-refractivity contribution < 1.29 is 18.3 Å². The minimum Gasteiger partial charge on any atom is -0.457 e. The normalized spacial score (nSPS) is 10.0. The summed E-state index contributed by atoms with van der Waals surface area (Å²) in [4.78, 5) is 11.8. The molecule has 106 valence electrons. The van der Waals surface area contributed by atoms with E-state index in [0.29, 0.717) is 23.3 Å². The highest BCUT2D eigenvalue weighted by molar-refractivity contribution is 6.33. The van der Waals surface area contributed by atoms with E-state index in [4.69, 9.17) is 21.6 Å². The van der Waals surface area contributed by atoms with Crippen molar-refractivity contribution in [2.24, 2.45) is 0 Å². The first kappa shape index (κ1) is 14.9. The molecule has 0 saturated carbocycles. The number of hydrogen-bond donors (Lipinski definition) is 0. The number of benzene rings is 2. The van der Waals surface area contributed by atoms with Gasteiger partial charge in [-0.2, -0.15) is 5.26 Å². The van der Waals surface area contributed by atoms with E-state index in [1.165, 1.54) is 0 Å². The van der Waals surface area contributed by atoms with Crippen molar-refractivity contribution in [1.29, 1.82) is 5.26 Å². The average Bonchev–Trinajstić information content (AvgIpc) is 2.48. The lowest BCUT2D eigenvalue weighted by atomic mass is 10.1. The summed E-state index contributed by atoms with van der Waals surface area (Å²) in [6.07, 6.45) is 0. The van der Waals surface area contributed by atoms with Gasteiger partial charge in [-0.1, -0.05) is 23.7 Å². The lowest BCUT2D eigenvalue weighted by molar-refractivity contribution is 0.0472. The van der Waals surface area contributed by atoms with Gasteiger partial charge in [-0.05, 0) is 29.8 Å². The first-order valence-electron chi connectivity index (χ1n) is 5.82. The quantitative estimate of drug-likeness (QED) is 0.639. The Morgan fingerprint density at radius 3 is 2.67 bits per heavy atom. The molecule has 0 spiro atoms. The number of nitriles is 1.